The van der Waals surface area contributed by atoms with Gasteiger partial charge in [-0.2, -0.15) is 0 Å². The number of nitrogens with one attached hydrogen (secondary N) is 8. The first-order chi connectivity index (χ1) is 32.6. The number of nitrogens with two attached hydrogens (primary N) is 2. The van der Waals surface area contributed by atoms with E-state index in [1.54, 1.807) is 30.3 Å². The predicted molar refractivity (Wildman–Crippen MR) is 259 cm³/mol. The molecule has 2 aromatic carbocycles. The van der Waals surface area contributed by atoms with Crippen LogP contribution in [0.1, 0.15) is 103 Å². The third-order valence-electron chi connectivity index (χ3n) is 11.6. The summed E-state index contributed by atoms with van der Waals surface area (Å²) in [5.41, 5.74) is 13.8. The summed E-state index contributed by atoms with van der Waals surface area (Å²) < 4.78 is 0. The first kappa shape index (κ1) is 55.7. The van der Waals surface area contributed by atoms with Gasteiger partial charge in [0.15, 0.2) is 0 Å². The third kappa shape index (κ3) is 20.9. The number of carbonyl (C=O) groups excluding carboxylic acids is 7. The van der Waals surface area contributed by atoms with E-state index in [1.165, 1.54) is 6.08 Å². The molecule has 1 aliphatic heterocycles. The molecule has 1 saturated heterocycles. The summed E-state index contributed by atoms with van der Waals surface area (Å²) >= 11 is 0. The Morgan fingerprint density at radius 3 is 2.09 bits per heavy atom. The van der Waals surface area contributed by atoms with E-state index in [2.05, 4.69) is 42.5 Å². The van der Waals surface area contributed by atoms with Crippen molar-refractivity contribution in [1.82, 2.24) is 42.5 Å². The van der Waals surface area contributed by atoms with Crippen molar-refractivity contribution in [3.8, 4) is 0 Å². The molecule has 0 radical (unpaired) electrons. The molecule has 3 rings (SSSR count). The second kappa shape index (κ2) is 30.6. The number of carbonyl (C=O) groups is 8. The normalized spacial score (nSPS) is 19.4. The summed E-state index contributed by atoms with van der Waals surface area (Å²) in [5, 5.41) is 31.1. The van der Waals surface area contributed by atoms with Crippen LogP contribution in [0.3, 0.4) is 0 Å². The van der Waals surface area contributed by atoms with Crippen LogP contribution in [0, 0.1) is 17.8 Å². The van der Waals surface area contributed by atoms with Crippen LogP contribution in [0.4, 0.5) is 0 Å². The predicted octanol–water partition coefficient (Wildman–Crippen LogP) is 1.75. The lowest BCUT2D eigenvalue weighted by molar-refractivity contribution is -0.140. The van der Waals surface area contributed by atoms with E-state index in [9.17, 15) is 43.5 Å². The van der Waals surface area contributed by atoms with Gasteiger partial charge in [-0.25, -0.2) is 0 Å². The number of hydrogen-bond acceptors (Lipinski definition) is 11. The summed E-state index contributed by atoms with van der Waals surface area (Å²) in [7, 11) is 0. The Balaban J connectivity index is 1.85. The highest BCUT2D eigenvalue weighted by atomic mass is 16.4. The molecule has 19 heteroatoms. The summed E-state index contributed by atoms with van der Waals surface area (Å²) in [6.07, 6.45) is 6.44. The highest BCUT2D eigenvalue weighted by molar-refractivity contribution is 6.05. The summed E-state index contributed by atoms with van der Waals surface area (Å²) in [6.45, 7) is 6.77. The van der Waals surface area contributed by atoms with Gasteiger partial charge in [-0.05, 0) is 93.0 Å². The number of hydrogen-bond donors (Lipinski definition) is 11. The molecule has 13 N–H and O–H groups in total. The van der Waals surface area contributed by atoms with Gasteiger partial charge in [-0.3, -0.25) is 38.4 Å². The van der Waals surface area contributed by atoms with Crippen molar-refractivity contribution < 1.29 is 43.5 Å². The maximum absolute atomic E-state index is 14.1. The Morgan fingerprint density at radius 1 is 0.779 bits per heavy atom. The molecule has 2 aromatic rings. The molecule has 7 amide bonds. The zero-order chi connectivity index (χ0) is 49.8. The van der Waals surface area contributed by atoms with Gasteiger partial charge in [0.05, 0.1) is 13.0 Å². The SMILES string of the molecule is CCCCNC(=O)CCC(C(=O)NCCCCC1NC(=O)/C(=C/c2ccccc2)NC(=O)[C@H](CC(=O)O)NC(=O)CNC(=O)C(CCCNCN)NC1=O)C(C)C(C)C/C(N)=C/c1ccccc1. The van der Waals surface area contributed by atoms with Crippen molar-refractivity contribution in [2.45, 2.75) is 110 Å². The van der Waals surface area contributed by atoms with Crippen molar-refractivity contribution in [1.29, 1.82) is 0 Å². The molecule has 6 atom stereocenters. The van der Waals surface area contributed by atoms with Gasteiger partial charge < -0.3 is 59.1 Å². The number of amides is 7. The Kier molecular flexibility index (Phi) is 25.1. The molecule has 5 unspecified atom stereocenters. The minimum absolute atomic E-state index is 0.0108. The van der Waals surface area contributed by atoms with Crippen molar-refractivity contribution in [3.05, 3.63) is 83.2 Å². The molecule has 0 bridgehead atoms. The standard InChI is InChI=1S/C49H72N10O9/c1-4-5-24-53-42(60)22-21-37(33(3)32(2)26-36(51)27-34-15-8-6-9-16-34)45(64)54-25-13-12-19-39-47(66)57-38(20-14-23-52-31-50)46(65)55-30-43(61)56-41(29-44(62)63)49(68)59-40(48(67)58-39)28-35-17-10-7-11-18-35/h6-11,15-18,27-28,32-33,37-39,41,52H,4-5,12-14,19-26,29-31,50-51H2,1-3H3,(H,53,60)(H,54,64)(H,55,65)(H,56,61)(H,57,66)(H,58,67)(H,59,68)(H,62,63)/b36-27-,40-28-/t32?,33?,37?,38?,39?,41-/m0/s1. The van der Waals surface area contributed by atoms with Gasteiger partial charge in [0.25, 0.3) is 5.91 Å². The Hall–Kier alpha value is -6.60. The fourth-order valence-electron chi connectivity index (χ4n) is 7.60. The fourth-order valence-corrected chi connectivity index (χ4v) is 7.60. The van der Waals surface area contributed by atoms with Crippen LogP contribution in [0.15, 0.2) is 72.1 Å². The summed E-state index contributed by atoms with van der Waals surface area (Å²) in [6, 6.07) is 14.1. The van der Waals surface area contributed by atoms with E-state index in [1.807, 2.05) is 57.2 Å². The molecule has 372 valence electrons. The van der Waals surface area contributed by atoms with Crippen LogP contribution in [0.25, 0.3) is 12.2 Å². The van der Waals surface area contributed by atoms with Crippen molar-refractivity contribution >= 4 is 59.5 Å². The van der Waals surface area contributed by atoms with Crippen LogP contribution in [0.5, 0.6) is 0 Å². The largest absolute Gasteiger partial charge is 0.481 e. The second-order valence-electron chi connectivity index (χ2n) is 17.1. The lowest BCUT2D eigenvalue weighted by Gasteiger charge is -2.28. The van der Waals surface area contributed by atoms with Gasteiger partial charge in [0, 0.05) is 37.8 Å². The number of rotatable bonds is 25. The summed E-state index contributed by atoms with van der Waals surface area (Å²) in [5.74, 6) is -6.69. The highest BCUT2D eigenvalue weighted by Gasteiger charge is 2.32. The highest BCUT2D eigenvalue weighted by Crippen LogP contribution is 2.29. The second-order valence-corrected chi connectivity index (χ2v) is 17.1. The molecule has 0 spiro atoms. The van der Waals surface area contributed by atoms with E-state index in [0.717, 1.165) is 18.4 Å². The van der Waals surface area contributed by atoms with E-state index in [0.29, 0.717) is 56.5 Å². The minimum atomic E-state index is -1.64. The van der Waals surface area contributed by atoms with Crippen LogP contribution in [-0.4, -0.2) is 103 Å². The number of unbranched alkanes of at least 4 members (excludes halogenated alkanes) is 2. The van der Waals surface area contributed by atoms with Gasteiger partial charge in [-0.15, -0.1) is 0 Å². The molecule has 1 aliphatic rings. The number of carboxylic acids is 1. The molecule has 19 nitrogen and oxygen atoms in total. The number of aliphatic carboxylic acids is 1. The third-order valence-corrected chi connectivity index (χ3v) is 11.6. The Labute approximate surface area is 399 Å². The molecule has 0 saturated carbocycles. The van der Waals surface area contributed by atoms with Gasteiger partial charge in [0.2, 0.25) is 35.4 Å². The summed E-state index contributed by atoms with van der Waals surface area (Å²) in [4.78, 5) is 107. The van der Waals surface area contributed by atoms with Crippen LogP contribution < -0.4 is 54.0 Å². The topological polar surface area (TPSA) is 305 Å². The molecular weight excluding hydrogens is 873 g/mol. The molecule has 68 heavy (non-hydrogen) atoms. The molecule has 1 fully saturated rings. The van der Waals surface area contributed by atoms with Crippen LogP contribution >= 0.6 is 0 Å². The van der Waals surface area contributed by atoms with E-state index in [4.69, 9.17) is 11.5 Å². The van der Waals surface area contributed by atoms with E-state index >= 15 is 0 Å². The molecule has 0 aromatic heterocycles. The quantitative estimate of drug-likeness (QED) is 0.0386. The maximum atomic E-state index is 14.1. The first-order valence-electron chi connectivity index (χ1n) is 23.6. The minimum Gasteiger partial charge on any atom is -0.481 e. The van der Waals surface area contributed by atoms with E-state index < -0.39 is 72.5 Å². The van der Waals surface area contributed by atoms with E-state index in [-0.39, 0.29) is 61.8 Å². The first-order valence-corrected chi connectivity index (χ1v) is 23.6. The Morgan fingerprint density at radius 2 is 1.43 bits per heavy atom. The van der Waals surface area contributed by atoms with Crippen molar-refractivity contribution in [2.75, 3.05) is 32.8 Å². The maximum Gasteiger partial charge on any atom is 0.305 e. The molecule has 0 aliphatic carbocycles. The Bertz CT molecular complexity index is 2030. The lowest BCUT2D eigenvalue weighted by atomic mass is 9.78. The fraction of sp³-hybridized carbons (Fsp3) is 0.510. The van der Waals surface area contributed by atoms with Crippen LogP contribution in [-0.2, 0) is 38.4 Å². The average molecular weight is 945 g/mol. The lowest BCUT2D eigenvalue weighted by Crippen LogP contribution is -2.54. The van der Waals surface area contributed by atoms with Crippen LogP contribution in [0.2, 0.25) is 0 Å². The number of allylic oxidation sites excluding steroid dienone is 1. The zero-order valence-electron chi connectivity index (χ0n) is 39.6. The number of carboxylic acid groups (broad SMARTS) is 1. The van der Waals surface area contributed by atoms with Gasteiger partial charge in [-0.1, -0.05) is 87.9 Å². The van der Waals surface area contributed by atoms with Gasteiger partial charge >= 0.3 is 5.97 Å². The average Bonchev–Trinajstić information content (AvgIpc) is 3.30. The van der Waals surface area contributed by atoms with Gasteiger partial charge in [0.1, 0.15) is 23.8 Å². The zero-order valence-corrected chi connectivity index (χ0v) is 39.6. The monoisotopic (exact) mass is 945 g/mol. The van der Waals surface area contributed by atoms with Crippen molar-refractivity contribution in [3.63, 3.8) is 0 Å². The number of benzene rings is 2. The molecule has 1 heterocycles. The smallest absolute Gasteiger partial charge is 0.305 e. The van der Waals surface area contributed by atoms with Crippen molar-refractivity contribution in [2.24, 2.45) is 29.2 Å². The molecular formula is C49H72N10O9.